The third kappa shape index (κ3) is 3.74. The maximum atomic E-state index is 12.4. The number of aryl methyl sites for hydroxylation is 2. The van der Waals surface area contributed by atoms with Gasteiger partial charge in [0.2, 0.25) is 0 Å². The molecule has 1 aliphatic heterocycles. The second kappa shape index (κ2) is 6.72. The van der Waals surface area contributed by atoms with E-state index in [9.17, 15) is 9.59 Å². The second-order valence-corrected chi connectivity index (χ2v) is 7.21. The van der Waals surface area contributed by atoms with E-state index in [1.807, 2.05) is 40.1 Å². The summed E-state index contributed by atoms with van der Waals surface area (Å²) >= 11 is 0.938. The summed E-state index contributed by atoms with van der Waals surface area (Å²) in [6, 6.07) is 6.09. The van der Waals surface area contributed by atoms with Crippen molar-refractivity contribution in [3.8, 4) is 5.69 Å². The van der Waals surface area contributed by atoms with Crippen molar-refractivity contribution in [1.82, 2.24) is 24.8 Å². The summed E-state index contributed by atoms with van der Waals surface area (Å²) < 4.78 is 1.66. The molecule has 0 N–H and O–H groups in total. The number of carbonyl (C=O) groups is 2. The fraction of sp³-hybridized carbons (Fsp3) is 0.294. The molecule has 1 aromatic heterocycles. The van der Waals surface area contributed by atoms with Gasteiger partial charge < -0.3 is 4.90 Å². The number of hydrogen-bond donors (Lipinski definition) is 0. The Balaban J connectivity index is 1.80. The average molecular weight is 357 g/mol. The van der Waals surface area contributed by atoms with Crippen LogP contribution in [0.15, 0.2) is 35.5 Å². The summed E-state index contributed by atoms with van der Waals surface area (Å²) in [5.74, 6) is -0.301. The van der Waals surface area contributed by atoms with Gasteiger partial charge in [-0.1, -0.05) is 11.3 Å². The molecule has 7 nitrogen and oxygen atoms in total. The van der Waals surface area contributed by atoms with E-state index in [0.29, 0.717) is 10.6 Å². The number of benzene rings is 1. The SMILES string of the molecule is Cc1cc(C)cc(-n2cc(CN3C(=O)S/C(=C\N(C)C)C3=O)nn2)c1. The topological polar surface area (TPSA) is 71.3 Å². The molecular formula is C17H19N5O2S. The van der Waals surface area contributed by atoms with Gasteiger partial charge in [-0.3, -0.25) is 14.5 Å². The van der Waals surface area contributed by atoms with E-state index in [-0.39, 0.29) is 17.7 Å². The smallest absolute Gasteiger partial charge is 0.293 e. The van der Waals surface area contributed by atoms with Crippen LogP contribution in [0, 0.1) is 13.8 Å². The normalized spacial score (nSPS) is 16.2. The Kier molecular flexibility index (Phi) is 4.63. The number of thioether (sulfide) groups is 1. The van der Waals surface area contributed by atoms with Crippen LogP contribution in [-0.4, -0.2) is 50.0 Å². The molecule has 0 saturated carbocycles. The van der Waals surface area contributed by atoms with Crippen LogP contribution in [0.4, 0.5) is 4.79 Å². The molecule has 1 aliphatic rings. The zero-order valence-electron chi connectivity index (χ0n) is 14.6. The first-order valence-corrected chi connectivity index (χ1v) is 8.57. The summed E-state index contributed by atoms with van der Waals surface area (Å²) in [6.07, 6.45) is 3.39. The van der Waals surface area contributed by atoms with Gasteiger partial charge in [-0.2, -0.15) is 0 Å². The number of rotatable bonds is 4. The largest absolute Gasteiger partial charge is 0.382 e. The maximum Gasteiger partial charge on any atom is 0.293 e. The Labute approximate surface area is 150 Å². The van der Waals surface area contributed by atoms with Crippen molar-refractivity contribution in [2.24, 2.45) is 0 Å². The number of imide groups is 1. The highest BCUT2D eigenvalue weighted by molar-refractivity contribution is 8.18. The average Bonchev–Trinajstić information content (AvgIpc) is 3.07. The maximum absolute atomic E-state index is 12.4. The predicted molar refractivity (Wildman–Crippen MR) is 96.1 cm³/mol. The van der Waals surface area contributed by atoms with Crippen LogP contribution in [0.3, 0.4) is 0 Å². The summed E-state index contributed by atoms with van der Waals surface area (Å²) in [6.45, 7) is 4.15. The van der Waals surface area contributed by atoms with Crippen molar-refractivity contribution in [3.63, 3.8) is 0 Å². The lowest BCUT2D eigenvalue weighted by molar-refractivity contribution is -0.123. The van der Waals surface area contributed by atoms with Gasteiger partial charge in [0.25, 0.3) is 11.1 Å². The molecule has 0 atom stereocenters. The molecule has 0 spiro atoms. The van der Waals surface area contributed by atoms with Gasteiger partial charge in [0, 0.05) is 20.3 Å². The van der Waals surface area contributed by atoms with E-state index in [1.54, 1.807) is 22.0 Å². The van der Waals surface area contributed by atoms with Gasteiger partial charge in [0.15, 0.2) is 0 Å². The highest BCUT2D eigenvalue weighted by Crippen LogP contribution is 2.31. The molecule has 1 saturated heterocycles. The van der Waals surface area contributed by atoms with Crippen LogP contribution in [0.2, 0.25) is 0 Å². The van der Waals surface area contributed by atoms with E-state index >= 15 is 0 Å². The number of carbonyl (C=O) groups excluding carboxylic acids is 2. The predicted octanol–water partition coefficient (Wildman–Crippen LogP) is 2.48. The zero-order chi connectivity index (χ0) is 18.1. The van der Waals surface area contributed by atoms with Crippen molar-refractivity contribution >= 4 is 22.9 Å². The lowest BCUT2D eigenvalue weighted by Crippen LogP contribution is -2.28. The minimum Gasteiger partial charge on any atom is -0.382 e. The molecule has 3 rings (SSSR count). The highest BCUT2D eigenvalue weighted by atomic mass is 32.2. The second-order valence-electron chi connectivity index (χ2n) is 6.22. The van der Waals surface area contributed by atoms with Gasteiger partial charge >= 0.3 is 0 Å². The Morgan fingerprint density at radius 1 is 1.16 bits per heavy atom. The van der Waals surface area contributed by atoms with Crippen LogP contribution in [0.25, 0.3) is 5.69 Å². The van der Waals surface area contributed by atoms with Gasteiger partial charge in [0.1, 0.15) is 5.69 Å². The third-order valence-corrected chi connectivity index (χ3v) is 4.48. The molecule has 1 fully saturated rings. The van der Waals surface area contributed by atoms with Crippen molar-refractivity contribution in [3.05, 3.63) is 52.3 Å². The molecule has 2 amide bonds. The summed E-state index contributed by atoms with van der Waals surface area (Å²) in [5, 5.41) is 7.92. The molecule has 0 unspecified atom stereocenters. The molecule has 2 aromatic rings. The van der Waals surface area contributed by atoms with Crippen LogP contribution < -0.4 is 0 Å². The summed E-state index contributed by atoms with van der Waals surface area (Å²) in [7, 11) is 3.62. The lowest BCUT2D eigenvalue weighted by Gasteiger charge is -2.10. The van der Waals surface area contributed by atoms with Crippen molar-refractivity contribution in [2.45, 2.75) is 20.4 Å². The van der Waals surface area contributed by atoms with E-state index in [1.165, 1.54) is 4.90 Å². The van der Waals surface area contributed by atoms with Gasteiger partial charge in [-0.05, 0) is 48.9 Å². The van der Waals surface area contributed by atoms with E-state index in [2.05, 4.69) is 16.4 Å². The molecule has 8 heteroatoms. The number of amides is 2. The van der Waals surface area contributed by atoms with Crippen molar-refractivity contribution in [2.75, 3.05) is 14.1 Å². The monoisotopic (exact) mass is 357 g/mol. The number of hydrogen-bond acceptors (Lipinski definition) is 6. The minimum absolute atomic E-state index is 0.111. The molecule has 2 heterocycles. The molecule has 1 aromatic carbocycles. The van der Waals surface area contributed by atoms with Crippen LogP contribution in [0.5, 0.6) is 0 Å². The fourth-order valence-corrected chi connectivity index (χ4v) is 3.51. The molecule has 0 radical (unpaired) electrons. The number of aromatic nitrogens is 3. The first-order valence-electron chi connectivity index (χ1n) is 7.75. The van der Waals surface area contributed by atoms with E-state index < -0.39 is 0 Å². The Bertz CT molecular complexity index is 851. The molecule has 0 aliphatic carbocycles. The number of nitrogens with zero attached hydrogens (tertiary/aromatic N) is 5. The summed E-state index contributed by atoms with van der Waals surface area (Å²) in [4.78, 5) is 27.8. The Morgan fingerprint density at radius 2 is 1.84 bits per heavy atom. The quantitative estimate of drug-likeness (QED) is 0.783. The first-order chi connectivity index (χ1) is 11.8. The zero-order valence-corrected chi connectivity index (χ0v) is 15.4. The highest BCUT2D eigenvalue weighted by Gasteiger charge is 2.35. The standard InChI is InChI=1S/C17H19N5O2S/c1-11-5-12(2)7-14(6-11)22-9-13(18-19-22)8-21-16(23)15(10-20(3)4)25-17(21)24/h5-7,9-10H,8H2,1-4H3/b15-10-. The molecule has 130 valence electrons. The van der Waals surface area contributed by atoms with Crippen molar-refractivity contribution < 1.29 is 9.59 Å². The third-order valence-electron chi connectivity index (χ3n) is 3.58. The van der Waals surface area contributed by atoms with Crippen molar-refractivity contribution in [1.29, 1.82) is 0 Å². The Hall–Kier alpha value is -2.61. The van der Waals surface area contributed by atoms with Gasteiger partial charge in [0.05, 0.1) is 23.3 Å². The first kappa shape index (κ1) is 17.2. The van der Waals surface area contributed by atoms with Crippen LogP contribution in [0.1, 0.15) is 16.8 Å². The minimum atomic E-state index is -0.301. The van der Waals surface area contributed by atoms with Gasteiger partial charge in [-0.15, -0.1) is 5.10 Å². The lowest BCUT2D eigenvalue weighted by atomic mass is 10.1. The fourth-order valence-electron chi connectivity index (χ4n) is 2.60. The Morgan fingerprint density at radius 3 is 2.48 bits per heavy atom. The molecular weight excluding hydrogens is 338 g/mol. The van der Waals surface area contributed by atoms with Crippen LogP contribution >= 0.6 is 11.8 Å². The van der Waals surface area contributed by atoms with E-state index in [0.717, 1.165) is 28.6 Å². The van der Waals surface area contributed by atoms with E-state index in [4.69, 9.17) is 0 Å². The molecule has 25 heavy (non-hydrogen) atoms. The molecule has 0 bridgehead atoms. The summed E-state index contributed by atoms with van der Waals surface area (Å²) in [5.41, 5.74) is 3.73. The van der Waals surface area contributed by atoms with Gasteiger partial charge in [-0.25, -0.2) is 4.68 Å². The van der Waals surface area contributed by atoms with Crippen LogP contribution in [-0.2, 0) is 11.3 Å².